The summed E-state index contributed by atoms with van der Waals surface area (Å²) in [6.45, 7) is 3.02. The van der Waals surface area contributed by atoms with E-state index in [1.54, 1.807) is 12.1 Å². The van der Waals surface area contributed by atoms with Gasteiger partial charge in [-0.3, -0.25) is 10.1 Å². The molecule has 0 unspecified atom stereocenters. The Balaban J connectivity index is 1.84. The van der Waals surface area contributed by atoms with Crippen LogP contribution in [0.4, 0.5) is 5.69 Å². The zero-order chi connectivity index (χ0) is 13.0. The van der Waals surface area contributed by atoms with Gasteiger partial charge in [0.2, 0.25) is 0 Å². The smallest absolute Gasteiger partial charge is 0.269 e. The molecule has 1 aromatic rings. The molecule has 4 heteroatoms. The SMILES string of the molecule is C[C@H](NCc1ccc([N+](=O)[O-])cc1)C1CCCC1. The molecule has 0 heterocycles. The lowest BCUT2D eigenvalue weighted by molar-refractivity contribution is -0.384. The zero-order valence-electron chi connectivity index (χ0n) is 10.8. The lowest BCUT2D eigenvalue weighted by Crippen LogP contribution is -2.31. The third kappa shape index (κ3) is 3.29. The summed E-state index contributed by atoms with van der Waals surface area (Å²) >= 11 is 0. The molecule has 0 aromatic heterocycles. The average molecular weight is 248 g/mol. The number of hydrogen-bond acceptors (Lipinski definition) is 3. The Morgan fingerprint density at radius 1 is 1.33 bits per heavy atom. The highest BCUT2D eigenvalue weighted by molar-refractivity contribution is 5.32. The van der Waals surface area contributed by atoms with Crippen molar-refractivity contribution < 1.29 is 4.92 Å². The van der Waals surface area contributed by atoms with Crippen LogP contribution in [0.3, 0.4) is 0 Å². The monoisotopic (exact) mass is 248 g/mol. The molecule has 1 N–H and O–H groups in total. The van der Waals surface area contributed by atoms with Gasteiger partial charge in [0.15, 0.2) is 0 Å². The van der Waals surface area contributed by atoms with Gasteiger partial charge in [-0.2, -0.15) is 0 Å². The molecule has 1 atom stereocenters. The minimum atomic E-state index is -0.363. The second-order valence-electron chi connectivity index (χ2n) is 5.14. The lowest BCUT2D eigenvalue weighted by Gasteiger charge is -2.20. The molecule has 0 radical (unpaired) electrons. The van der Waals surface area contributed by atoms with E-state index in [1.807, 2.05) is 12.1 Å². The number of nitro groups is 1. The number of benzene rings is 1. The molecule has 0 saturated heterocycles. The highest BCUT2D eigenvalue weighted by Gasteiger charge is 2.20. The molecule has 0 bridgehead atoms. The largest absolute Gasteiger partial charge is 0.310 e. The minimum absolute atomic E-state index is 0.155. The fraction of sp³-hybridized carbons (Fsp3) is 0.571. The summed E-state index contributed by atoms with van der Waals surface area (Å²) in [6.07, 6.45) is 5.37. The number of non-ortho nitro benzene ring substituents is 1. The number of nitro benzene ring substituents is 1. The Labute approximate surface area is 108 Å². The summed E-state index contributed by atoms with van der Waals surface area (Å²) in [4.78, 5) is 10.2. The van der Waals surface area contributed by atoms with Crippen molar-refractivity contribution in [2.45, 2.75) is 45.2 Å². The zero-order valence-corrected chi connectivity index (χ0v) is 10.8. The first-order valence-corrected chi connectivity index (χ1v) is 6.63. The van der Waals surface area contributed by atoms with E-state index in [2.05, 4.69) is 12.2 Å². The molecular formula is C14H20N2O2. The fourth-order valence-electron chi connectivity index (χ4n) is 2.64. The van der Waals surface area contributed by atoms with Gasteiger partial charge in [-0.25, -0.2) is 0 Å². The van der Waals surface area contributed by atoms with Gasteiger partial charge in [0.25, 0.3) is 5.69 Å². The van der Waals surface area contributed by atoms with Crippen molar-refractivity contribution in [2.24, 2.45) is 5.92 Å². The highest BCUT2D eigenvalue weighted by atomic mass is 16.6. The molecule has 98 valence electrons. The summed E-state index contributed by atoms with van der Waals surface area (Å²) in [5, 5.41) is 14.1. The molecule has 1 fully saturated rings. The van der Waals surface area contributed by atoms with Gasteiger partial charge in [-0.1, -0.05) is 25.0 Å². The van der Waals surface area contributed by atoms with Crippen molar-refractivity contribution in [3.8, 4) is 0 Å². The predicted molar refractivity (Wildman–Crippen MR) is 71.4 cm³/mol. The van der Waals surface area contributed by atoms with Crippen LogP contribution in [0.1, 0.15) is 38.2 Å². The van der Waals surface area contributed by atoms with E-state index in [0.29, 0.717) is 6.04 Å². The topological polar surface area (TPSA) is 55.2 Å². The average Bonchev–Trinajstić information content (AvgIpc) is 2.90. The molecule has 1 saturated carbocycles. The van der Waals surface area contributed by atoms with Crippen LogP contribution in [-0.4, -0.2) is 11.0 Å². The van der Waals surface area contributed by atoms with E-state index in [4.69, 9.17) is 0 Å². The van der Waals surface area contributed by atoms with E-state index in [-0.39, 0.29) is 10.6 Å². The van der Waals surface area contributed by atoms with Crippen LogP contribution in [0.2, 0.25) is 0 Å². The molecule has 0 amide bonds. The first kappa shape index (κ1) is 13.0. The molecule has 0 aliphatic heterocycles. The highest BCUT2D eigenvalue weighted by Crippen LogP contribution is 2.27. The molecular weight excluding hydrogens is 228 g/mol. The first-order valence-electron chi connectivity index (χ1n) is 6.63. The van der Waals surface area contributed by atoms with Crippen LogP contribution in [0.25, 0.3) is 0 Å². The fourth-order valence-corrected chi connectivity index (χ4v) is 2.64. The molecule has 2 rings (SSSR count). The second-order valence-corrected chi connectivity index (χ2v) is 5.14. The summed E-state index contributed by atoms with van der Waals surface area (Å²) in [5.41, 5.74) is 1.26. The van der Waals surface area contributed by atoms with Gasteiger partial charge < -0.3 is 5.32 Å². The van der Waals surface area contributed by atoms with E-state index in [9.17, 15) is 10.1 Å². The van der Waals surface area contributed by atoms with Gasteiger partial charge in [-0.05, 0) is 31.2 Å². The number of rotatable bonds is 5. The maximum Gasteiger partial charge on any atom is 0.269 e. The maximum absolute atomic E-state index is 10.5. The van der Waals surface area contributed by atoms with E-state index in [1.165, 1.54) is 25.7 Å². The second kappa shape index (κ2) is 5.96. The Bertz CT molecular complexity index is 397. The third-order valence-corrected chi connectivity index (χ3v) is 3.88. The summed E-state index contributed by atoms with van der Waals surface area (Å²) in [7, 11) is 0. The Kier molecular flexibility index (Phi) is 4.31. The van der Waals surface area contributed by atoms with Crippen LogP contribution in [0, 0.1) is 16.0 Å². The van der Waals surface area contributed by atoms with Crippen molar-refractivity contribution in [3.05, 3.63) is 39.9 Å². The van der Waals surface area contributed by atoms with E-state index < -0.39 is 0 Å². The number of hydrogen-bond donors (Lipinski definition) is 1. The summed E-state index contributed by atoms with van der Waals surface area (Å²) < 4.78 is 0. The van der Waals surface area contributed by atoms with Crippen molar-refractivity contribution in [1.82, 2.24) is 5.32 Å². The molecule has 1 aromatic carbocycles. The molecule has 1 aliphatic carbocycles. The quantitative estimate of drug-likeness (QED) is 0.642. The third-order valence-electron chi connectivity index (χ3n) is 3.88. The van der Waals surface area contributed by atoms with Crippen LogP contribution < -0.4 is 5.32 Å². The van der Waals surface area contributed by atoms with Crippen LogP contribution in [0.15, 0.2) is 24.3 Å². The first-order chi connectivity index (χ1) is 8.66. The summed E-state index contributed by atoms with van der Waals surface area (Å²) in [6, 6.07) is 7.32. The van der Waals surface area contributed by atoms with Crippen molar-refractivity contribution in [1.29, 1.82) is 0 Å². The standard InChI is InChI=1S/C14H20N2O2/c1-11(13-4-2-3-5-13)15-10-12-6-8-14(9-7-12)16(17)18/h6-9,11,13,15H,2-5,10H2,1H3/t11-/m0/s1. The van der Waals surface area contributed by atoms with Gasteiger partial charge in [0.05, 0.1) is 4.92 Å². The number of nitrogens with zero attached hydrogens (tertiary/aromatic N) is 1. The van der Waals surface area contributed by atoms with Gasteiger partial charge >= 0.3 is 0 Å². The van der Waals surface area contributed by atoms with E-state index in [0.717, 1.165) is 18.0 Å². The lowest BCUT2D eigenvalue weighted by atomic mass is 9.99. The van der Waals surface area contributed by atoms with Crippen LogP contribution >= 0.6 is 0 Å². The number of nitrogens with one attached hydrogen (secondary N) is 1. The Morgan fingerprint density at radius 2 is 1.94 bits per heavy atom. The van der Waals surface area contributed by atoms with E-state index >= 15 is 0 Å². The Hall–Kier alpha value is -1.42. The normalized spacial score (nSPS) is 17.8. The van der Waals surface area contributed by atoms with Gasteiger partial charge in [0.1, 0.15) is 0 Å². The predicted octanol–water partition coefficient (Wildman–Crippen LogP) is 3.26. The maximum atomic E-state index is 10.5. The van der Waals surface area contributed by atoms with Gasteiger partial charge in [0, 0.05) is 24.7 Å². The van der Waals surface area contributed by atoms with Crippen LogP contribution in [-0.2, 0) is 6.54 Å². The molecule has 1 aliphatic rings. The van der Waals surface area contributed by atoms with Crippen LogP contribution in [0.5, 0.6) is 0 Å². The van der Waals surface area contributed by atoms with Crippen molar-refractivity contribution in [3.63, 3.8) is 0 Å². The molecule has 18 heavy (non-hydrogen) atoms. The Morgan fingerprint density at radius 3 is 2.50 bits per heavy atom. The summed E-state index contributed by atoms with van der Waals surface area (Å²) in [5.74, 6) is 0.794. The molecule has 4 nitrogen and oxygen atoms in total. The van der Waals surface area contributed by atoms with Gasteiger partial charge in [-0.15, -0.1) is 0 Å². The van der Waals surface area contributed by atoms with Crippen molar-refractivity contribution >= 4 is 5.69 Å². The van der Waals surface area contributed by atoms with Crippen molar-refractivity contribution in [2.75, 3.05) is 0 Å². The minimum Gasteiger partial charge on any atom is -0.310 e. The molecule has 0 spiro atoms.